The molecule has 3 aliphatic heterocycles. The lowest BCUT2D eigenvalue weighted by Crippen LogP contribution is -2.53. The van der Waals surface area contributed by atoms with Crippen molar-refractivity contribution in [2.24, 2.45) is 5.92 Å². The van der Waals surface area contributed by atoms with E-state index in [4.69, 9.17) is 5.73 Å². The minimum Gasteiger partial charge on any atom is -0.398 e. The van der Waals surface area contributed by atoms with Crippen LogP contribution in [0.25, 0.3) is 10.9 Å². The highest BCUT2D eigenvalue weighted by atomic mass is 15.2. The molecule has 0 aliphatic carbocycles. The molecule has 1 unspecified atom stereocenters. The van der Waals surface area contributed by atoms with Crippen LogP contribution in [0.3, 0.4) is 0 Å². The number of fused-ring (bicyclic) bond motifs is 4. The zero-order valence-corrected chi connectivity index (χ0v) is 11.5. The van der Waals surface area contributed by atoms with Crippen LogP contribution in [0.15, 0.2) is 30.5 Å². The number of benzene rings is 1. The minimum absolute atomic E-state index is 0.548. The number of pyridine rings is 1. The van der Waals surface area contributed by atoms with Gasteiger partial charge in [0.25, 0.3) is 0 Å². The van der Waals surface area contributed by atoms with Gasteiger partial charge >= 0.3 is 0 Å². The van der Waals surface area contributed by atoms with Gasteiger partial charge in [-0.2, -0.15) is 0 Å². The molecule has 0 radical (unpaired) electrons. The molecule has 20 heavy (non-hydrogen) atoms. The molecule has 2 bridgehead atoms. The van der Waals surface area contributed by atoms with Crippen LogP contribution in [0.4, 0.5) is 11.4 Å². The Balaban J connectivity index is 1.68. The number of aromatic nitrogens is 1. The molecule has 5 rings (SSSR count). The molecule has 3 fully saturated rings. The number of rotatable bonds is 2. The van der Waals surface area contributed by atoms with E-state index in [0.29, 0.717) is 6.04 Å². The number of nitrogens with zero attached hydrogens (tertiary/aromatic N) is 2. The normalized spacial score (nSPS) is 28.7. The van der Waals surface area contributed by atoms with E-state index >= 15 is 0 Å². The summed E-state index contributed by atoms with van der Waals surface area (Å²) in [6, 6.07) is 8.58. The van der Waals surface area contributed by atoms with Crippen LogP contribution >= 0.6 is 0 Å². The van der Waals surface area contributed by atoms with Gasteiger partial charge in [-0.1, -0.05) is 0 Å². The Bertz CT molecular complexity index is 631. The first-order valence-electron chi connectivity index (χ1n) is 7.43. The van der Waals surface area contributed by atoms with Crippen molar-refractivity contribution in [1.82, 2.24) is 9.88 Å². The van der Waals surface area contributed by atoms with Crippen molar-refractivity contribution in [3.05, 3.63) is 30.5 Å². The van der Waals surface area contributed by atoms with Gasteiger partial charge in [0, 0.05) is 29.9 Å². The molecule has 0 spiro atoms. The minimum atomic E-state index is 0.548. The average molecular weight is 268 g/mol. The summed E-state index contributed by atoms with van der Waals surface area (Å²) in [5.74, 6) is 0.802. The summed E-state index contributed by atoms with van der Waals surface area (Å²) in [6.07, 6.45) is 4.47. The Morgan fingerprint density at radius 3 is 2.80 bits per heavy atom. The maximum absolute atomic E-state index is 6.04. The first-order valence-corrected chi connectivity index (χ1v) is 7.43. The maximum Gasteiger partial charge on any atom is 0.0953 e. The molecule has 0 amide bonds. The van der Waals surface area contributed by atoms with Crippen molar-refractivity contribution in [2.75, 3.05) is 30.7 Å². The van der Waals surface area contributed by atoms with Gasteiger partial charge < -0.3 is 16.0 Å². The van der Waals surface area contributed by atoms with E-state index in [-0.39, 0.29) is 0 Å². The molecule has 3 aliphatic rings. The molecular formula is C16H20N4. The highest BCUT2D eigenvalue weighted by Gasteiger charge is 2.34. The fourth-order valence-corrected chi connectivity index (χ4v) is 3.64. The lowest BCUT2D eigenvalue weighted by Gasteiger charge is -2.45. The Labute approximate surface area is 119 Å². The summed E-state index contributed by atoms with van der Waals surface area (Å²) in [6.45, 7) is 3.69. The summed E-state index contributed by atoms with van der Waals surface area (Å²) in [5.41, 5.74) is 8.95. The van der Waals surface area contributed by atoms with Gasteiger partial charge in [-0.05, 0) is 56.1 Å². The van der Waals surface area contributed by atoms with Crippen LogP contribution in [0.2, 0.25) is 0 Å². The number of piperidine rings is 3. The van der Waals surface area contributed by atoms with Gasteiger partial charge in [-0.25, -0.2) is 0 Å². The summed E-state index contributed by atoms with van der Waals surface area (Å²) in [4.78, 5) is 7.07. The van der Waals surface area contributed by atoms with Gasteiger partial charge in [0.2, 0.25) is 0 Å². The number of hydrogen-bond donors (Lipinski definition) is 2. The maximum atomic E-state index is 6.04. The van der Waals surface area contributed by atoms with Gasteiger partial charge in [0.15, 0.2) is 0 Å². The SMILES string of the molecule is Nc1ccc(NC2CN3CCC2CC3)c2ncccc12. The third-order valence-electron chi connectivity index (χ3n) is 4.80. The lowest BCUT2D eigenvalue weighted by molar-refractivity contribution is 0.0976. The molecule has 4 heteroatoms. The highest BCUT2D eigenvalue weighted by molar-refractivity contribution is 5.98. The zero-order chi connectivity index (χ0) is 13.5. The zero-order valence-electron chi connectivity index (χ0n) is 11.5. The van der Waals surface area contributed by atoms with Crippen molar-refractivity contribution in [3.63, 3.8) is 0 Å². The first kappa shape index (κ1) is 12.0. The third kappa shape index (κ3) is 1.91. The predicted molar refractivity (Wildman–Crippen MR) is 82.7 cm³/mol. The van der Waals surface area contributed by atoms with Gasteiger partial charge in [-0.3, -0.25) is 4.98 Å². The molecule has 1 aromatic carbocycles. The quantitative estimate of drug-likeness (QED) is 0.821. The molecular weight excluding hydrogens is 248 g/mol. The van der Waals surface area contributed by atoms with Crippen molar-refractivity contribution in [1.29, 1.82) is 0 Å². The summed E-state index contributed by atoms with van der Waals surface area (Å²) in [5, 5.41) is 4.76. The van der Waals surface area contributed by atoms with E-state index in [1.54, 1.807) is 0 Å². The second-order valence-corrected chi connectivity index (χ2v) is 5.99. The molecule has 0 saturated carbocycles. The summed E-state index contributed by atoms with van der Waals surface area (Å²) >= 11 is 0. The molecule has 4 heterocycles. The third-order valence-corrected chi connectivity index (χ3v) is 4.80. The van der Waals surface area contributed by atoms with Crippen molar-refractivity contribution in [2.45, 2.75) is 18.9 Å². The Morgan fingerprint density at radius 1 is 1.20 bits per heavy atom. The number of hydrogen-bond acceptors (Lipinski definition) is 4. The van der Waals surface area contributed by atoms with Crippen LogP contribution in [0.1, 0.15) is 12.8 Å². The fourth-order valence-electron chi connectivity index (χ4n) is 3.64. The monoisotopic (exact) mass is 268 g/mol. The van der Waals surface area contributed by atoms with E-state index in [1.807, 2.05) is 24.4 Å². The molecule has 2 aromatic rings. The fraction of sp³-hybridized carbons (Fsp3) is 0.438. The van der Waals surface area contributed by atoms with Crippen molar-refractivity contribution >= 4 is 22.3 Å². The second-order valence-electron chi connectivity index (χ2n) is 5.99. The van der Waals surface area contributed by atoms with Crippen LogP contribution in [-0.4, -0.2) is 35.6 Å². The molecule has 4 nitrogen and oxygen atoms in total. The molecule has 3 N–H and O–H groups in total. The van der Waals surface area contributed by atoms with E-state index in [0.717, 1.165) is 34.7 Å². The van der Waals surface area contributed by atoms with Gasteiger partial charge in [0.05, 0.1) is 11.2 Å². The molecule has 104 valence electrons. The number of anilines is 2. The Hall–Kier alpha value is -1.81. The number of nitrogen functional groups attached to an aromatic ring is 1. The summed E-state index contributed by atoms with van der Waals surface area (Å²) in [7, 11) is 0. The lowest BCUT2D eigenvalue weighted by atomic mass is 9.84. The van der Waals surface area contributed by atoms with Crippen LogP contribution < -0.4 is 11.1 Å². The largest absolute Gasteiger partial charge is 0.398 e. The topological polar surface area (TPSA) is 54.2 Å². The van der Waals surface area contributed by atoms with Gasteiger partial charge in [-0.15, -0.1) is 0 Å². The number of nitrogens with one attached hydrogen (secondary N) is 1. The molecule has 3 saturated heterocycles. The van der Waals surface area contributed by atoms with E-state index in [2.05, 4.69) is 21.3 Å². The van der Waals surface area contributed by atoms with E-state index in [1.165, 1.54) is 25.9 Å². The van der Waals surface area contributed by atoms with Crippen LogP contribution in [0, 0.1) is 5.92 Å². The number of nitrogens with two attached hydrogens (primary N) is 1. The Kier molecular flexibility index (Phi) is 2.77. The second kappa shape index (κ2) is 4.63. The standard InChI is InChI=1S/C16H20N4/c17-13-3-4-14(16-12(13)2-1-7-18-16)19-15-10-20-8-5-11(15)6-9-20/h1-4,7,11,15,19H,5-6,8-10,17H2. The van der Waals surface area contributed by atoms with Crippen molar-refractivity contribution in [3.8, 4) is 0 Å². The van der Waals surface area contributed by atoms with Crippen molar-refractivity contribution < 1.29 is 0 Å². The average Bonchev–Trinajstić information content (AvgIpc) is 2.52. The van der Waals surface area contributed by atoms with Crippen LogP contribution in [-0.2, 0) is 0 Å². The first-order chi connectivity index (χ1) is 9.81. The smallest absolute Gasteiger partial charge is 0.0953 e. The molecule has 1 atom stereocenters. The van der Waals surface area contributed by atoms with Gasteiger partial charge in [0.1, 0.15) is 0 Å². The van der Waals surface area contributed by atoms with E-state index < -0.39 is 0 Å². The highest BCUT2D eigenvalue weighted by Crippen LogP contribution is 2.32. The predicted octanol–water partition coefficient (Wildman–Crippen LogP) is 2.32. The Morgan fingerprint density at radius 2 is 2.05 bits per heavy atom. The summed E-state index contributed by atoms with van der Waals surface area (Å²) < 4.78 is 0. The van der Waals surface area contributed by atoms with E-state index in [9.17, 15) is 0 Å². The molecule has 1 aromatic heterocycles. The van der Waals surface area contributed by atoms with Crippen LogP contribution in [0.5, 0.6) is 0 Å².